The Morgan fingerprint density at radius 1 is 1.50 bits per heavy atom. The zero-order valence-electron chi connectivity index (χ0n) is 11.6. The monoisotopic (exact) mass is 316 g/mol. The molecule has 3 N–H and O–H groups in total. The van der Waals surface area contributed by atoms with Crippen LogP contribution >= 0.6 is 11.8 Å². The van der Waals surface area contributed by atoms with E-state index in [1.54, 1.807) is 23.9 Å². The summed E-state index contributed by atoms with van der Waals surface area (Å²) in [7, 11) is -3.34. The number of benzene rings is 1. The molecule has 7 heteroatoms. The fourth-order valence-corrected chi connectivity index (χ4v) is 4.23. The predicted octanol–water partition coefficient (Wildman–Crippen LogP) is 2.09. The van der Waals surface area contributed by atoms with Gasteiger partial charge in [0.15, 0.2) is 15.7 Å². The number of thioether (sulfide) groups is 1. The van der Waals surface area contributed by atoms with Gasteiger partial charge in [-0.15, -0.1) is 0 Å². The molecule has 0 aromatic heterocycles. The third-order valence-electron chi connectivity index (χ3n) is 2.93. The van der Waals surface area contributed by atoms with E-state index in [2.05, 4.69) is 19.0 Å². The Labute approximate surface area is 124 Å². The fraction of sp³-hybridized carbons (Fsp3) is 0.462. The summed E-state index contributed by atoms with van der Waals surface area (Å²) in [5.74, 6) is 0.545. The molecule has 0 aliphatic rings. The first-order valence-electron chi connectivity index (χ1n) is 6.33. The minimum atomic E-state index is -3.34. The Kier molecular flexibility index (Phi) is 6.35. The van der Waals surface area contributed by atoms with Crippen LogP contribution in [0.25, 0.3) is 0 Å². The Bertz CT molecular complexity index is 571. The maximum atomic E-state index is 12.2. The van der Waals surface area contributed by atoms with Crippen LogP contribution in [0.4, 0.5) is 0 Å². The minimum absolute atomic E-state index is 0.0850. The van der Waals surface area contributed by atoms with Crippen molar-refractivity contribution < 1.29 is 13.6 Å². The van der Waals surface area contributed by atoms with Crippen LogP contribution in [0.2, 0.25) is 0 Å². The Morgan fingerprint density at radius 3 is 2.80 bits per heavy atom. The molecule has 0 aliphatic carbocycles. The Morgan fingerprint density at radius 2 is 2.20 bits per heavy atom. The van der Waals surface area contributed by atoms with Gasteiger partial charge in [0.05, 0.1) is 10.6 Å². The van der Waals surface area contributed by atoms with Crippen molar-refractivity contribution in [3.05, 3.63) is 29.8 Å². The molecule has 1 atom stereocenters. The molecule has 1 rings (SSSR count). The fourth-order valence-electron chi connectivity index (χ4n) is 1.50. The molecule has 1 aromatic rings. The topological polar surface area (TPSA) is 92.8 Å². The zero-order valence-corrected chi connectivity index (χ0v) is 13.2. The van der Waals surface area contributed by atoms with Gasteiger partial charge in [0.25, 0.3) is 0 Å². The van der Waals surface area contributed by atoms with Crippen molar-refractivity contribution in [2.45, 2.75) is 30.4 Å². The van der Waals surface area contributed by atoms with Crippen LogP contribution in [0, 0.1) is 0 Å². The van der Waals surface area contributed by atoms with Crippen molar-refractivity contribution in [2.24, 2.45) is 10.9 Å². The number of rotatable bonds is 7. The second kappa shape index (κ2) is 7.54. The van der Waals surface area contributed by atoms with Gasteiger partial charge in [-0.1, -0.05) is 31.1 Å². The lowest BCUT2D eigenvalue weighted by molar-refractivity contribution is 0.318. The van der Waals surface area contributed by atoms with Crippen LogP contribution in [0.1, 0.15) is 25.8 Å². The lowest BCUT2D eigenvalue weighted by atomic mass is 10.2. The molecule has 0 bridgehead atoms. The molecular weight excluding hydrogens is 296 g/mol. The maximum Gasteiger partial charge on any atom is 0.179 e. The van der Waals surface area contributed by atoms with E-state index in [4.69, 9.17) is 10.9 Å². The van der Waals surface area contributed by atoms with Gasteiger partial charge in [-0.2, -0.15) is 11.8 Å². The van der Waals surface area contributed by atoms with E-state index in [9.17, 15) is 8.42 Å². The van der Waals surface area contributed by atoms with Crippen LogP contribution < -0.4 is 5.73 Å². The number of hydrogen-bond donors (Lipinski definition) is 2. The number of nitrogens with two attached hydrogens (primary N) is 1. The van der Waals surface area contributed by atoms with Gasteiger partial charge in [0.2, 0.25) is 0 Å². The Hall–Kier alpha value is -1.21. The van der Waals surface area contributed by atoms with Crippen LogP contribution in [0.3, 0.4) is 0 Å². The quantitative estimate of drug-likeness (QED) is 0.348. The van der Waals surface area contributed by atoms with E-state index in [0.29, 0.717) is 16.6 Å². The van der Waals surface area contributed by atoms with Crippen LogP contribution in [0.15, 0.2) is 34.3 Å². The highest BCUT2D eigenvalue weighted by Crippen LogP contribution is 2.18. The predicted molar refractivity (Wildman–Crippen MR) is 83.2 cm³/mol. The second-order valence-electron chi connectivity index (χ2n) is 4.42. The van der Waals surface area contributed by atoms with Gasteiger partial charge in [-0.05, 0) is 18.6 Å². The second-order valence-corrected chi connectivity index (χ2v) is 8.08. The number of sulfone groups is 1. The van der Waals surface area contributed by atoms with Crippen molar-refractivity contribution in [1.29, 1.82) is 0 Å². The first-order chi connectivity index (χ1) is 9.40. The van der Waals surface area contributed by atoms with Gasteiger partial charge in [0.1, 0.15) is 0 Å². The van der Waals surface area contributed by atoms with E-state index >= 15 is 0 Å². The third kappa shape index (κ3) is 4.72. The smallest absolute Gasteiger partial charge is 0.179 e. The van der Waals surface area contributed by atoms with Crippen molar-refractivity contribution in [1.82, 2.24) is 0 Å². The molecule has 1 unspecified atom stereocenters. The van der Waals surface area contributed by atoms with E-state index in [1.165, 1.54) is 12.1 Å². The summed E-state index contributed by atoms with van der Waals surface area (Å²) in [4.78, 5) is 0.200. The van der Waals surface area contributed by atoms with Gasteiger partial charge < -0.3 is 10.9 Å². The summed E-state index contributed by atoms with van der Waals surface area (Å²) in [5, 5.41) is 11.9. The molecule has 112 valence electrons. The largest absolute Gasteiger partial charge is 0.409 e. The number of nitrogens with zero attached hydrogens (tertiary/aromatic N) is 1. The molecular formula is C13H20N2O3S2. The molecule has 0 saturated carbocycles. The third-order valence-corrected chi connectivity index (χ3v) is 6.24. The summed E-state index contributed by atoms with van der Waals surface area (Å²) < 4.78 is 24.4. The highest BCUT2D eigenvalue weighted by Gasteiger charge is 2.16. The average Bonchev–Trinajstić information content (AvgIpc) is 2.46. The molecule has 0 radical (unpaired) electrons. The highest BCUT2D eigenvalue weighted by atomic mass is 32.2. The van der Waals surface area contributed by atoms with Crippen LogP contribution in [-0.4, -0.2) is 36.2 Å². The van der Waals surface area contributed by atoms with Gasteiger partial charge in [-0.25, -0.2) is 8.42 Å². The first-order valence-corrected chi connectivity index (χ1v) is 9.03. The van der Waals surface area contributed by atoms with E-state index < -0.39 is 9.84 Å². The highest BCUT2D eigenvalue weighted by molar-refractivity contribution is 8.01. The van der Waals surface area contributed by atoms with E-state index in [1.807, 2.05) is 0 Å². The zero-order chi connectivity index (χ0) is 15.2. The number of amidine groups is 1. The summed E-state index contributed by atoms with van der Waals surface area (Å²) in [6, 6.07) is 6.14. The molecule has 1 aromatic carbocycles. The normalized spacial score (nSPS) is 14.2. The van der Waals surface area contributed by atoms with Crippen molar-refractivity contribution >= 4 is 27.4 Å². The molecule has 5 nitrogen and oxygen atoms in total. The summed E-state index contributed by atoms with van der Waals surface area (Å²) in [5.41, 5.74) is 5.86. The maximum absolute atomic E-state index is 12.2. The van der Waals surface area contributed by atoms with Crippen LogP contribution in [-0.2, 0) is 9.84 Å². The molecule has 0 amide bonds. The van der Waals surface area contributed by atoms with Gasteiger partial charge >= 0.3 is 0 Å². The Balaban J connectivity index is 2.82. The van der Waals surface area contributed by atoms with Crippen LogP contribution in [0.5, 0.6) is 0 Å². The van der Waals surface area contributed by atoms with Gasteiger partial charge in [0, 0.05) is 16.6 Å². The molecule has 20 heavy (non-hydrogen) atoms. The average molecular weight is 316 g/mol. The number of oxime groups is 1. The minimum Gasteiger partial charge on any atom is -0.409 e. The summed E-state index contributed by atoms with van der Waals surface area (Å²) in [6.45, 7) is 4.16. The molecule has 0 aliphatic heterocycles. The summed E-state index contributed by atoms with van der Waals surface area (Å²) in [6.07, 6.45) is 1.02. The molecule has 0 fully saturated rings. The van der Waals surface area contributed by atoms with Gasteiger partial charge in [-0.3, -0.25) is 0 Å². The summed E-state index contributed by atoms with van der Waals surface area (Å²) >= 11 is 1.65. The van der Waals surface area contributed by atoms with Crippen molar-refractivity contribution in [3.63, 3.8) is 0 Å². The van der Waals surface area contributed by atoms with E-state index in [0.717, 1.165) is 6.42 Å². The molecule has 0 spiro atoms. The SMILES string of the molecule is CCC(C)SCCS(=O)(=O)c1cccc(/C(N)=N/O)c1. The number of hydrogen-bond acceptors (Lipinski definition) is 5. The van der Waals surface area contributed by atoms with E-state index in [-0.39, 0.29) is 16.5 Å². The van der Waals surface area contributed by atoms with Crippen molar-refractivity contribution in [3.8, 4) is 0 Å². The standard InChI is InChI=1S/C13H20N2O3S2/c1-3-10(2)19-7-8-20(17,18)12-6-4-5-11(9-12)13(14)15-16/h4-6,9-10,16H,3,7-8H2,1-2H3,(H2,14,15). The molecule has 0 heterocycles. The lowest BCUT2D eigenvalue weighted by Crippen LogP contribution is -2.15. The molecule has 0 saturated heterocycles. The first kappa shape index (κ1) is 16.8. The lowest BCUT2D eigenvalue weighted by Gasteiger charge is -2.09. The van der Waals surface area contributed by atoms with Crippen molar-refractivity contribution in [2.75, 3.05) is 11.5 Å².